The van der Waals surface area contributed by atoms with E-state index in [1.807, 2.05) is 25.1 Å². The Kier molecular flexibility index (Phi) is 4.13. The minimum absolute atomic E-state index is 0.192. The van der Waals surface area contributed by atoms with Crippen molar-refractivity contribution in [3.05, 3.63) is 64.0 Å². The number of aryl methyl sites for hydroxylation is 1. The number of hydrogen-bond acceptors (Lipinski definition) is 5. The van der Waals surface area contributed by atoms with Crippen LogP contribution < -0.4 is 4.74 Å². The molecule has 1 aromatic carbocycles. The second-order valence-corrected chi connectivity index (χ2v) is 6.87. The summed E-state index contributed by atoms with van der Waals surface area (Å²) in [5, 5.41) is 0.969. The van der Waals surface area contributed by atoms with Crippen LogP contribution in [-0.2, 0) is 11.2 Å². The van der Waals surface area contributed by atoms with Crippen molar-refractivity contribution >= 4 is 32.8 Å². The summed E-state index contributed by atoms with van der Waals surface area (Å²) in [6.45, 7) is 2.17. The molecule has 5 nitrogen and oxygen atoms in total. The van der Waals surface area contributed by atoms with Gasteiger partial charge in [-0.3, -0.25) is 9.97 Å². The molecule has 4 rings (SSSR count). The van der Waals surface area contributed by atoms with E-state index >= 15 is 0 Å². The van der Waals surface area contributed by atoms with E-state index < -0.39 is 5.97 Å². The van der Waals surface area contributed by atoms with Gasteiger partial charge in [0, 0.05) is 39.9 Å². The molecule has 1 aliphatic heterocycles. The first-order valence-corrected chi connectivity index (χ1v) is 8.73. The Balaban J connectivity index is 1.53. The molecule has 0 fully saturated rings. The van der Waals surface area contributed by atoms with Crippen LogP contribution in [0.1, 0.15) is 21.6 Å². The number of benzene rings is 1. The van der Waals surface area contributed by atoms with E-state index in [1.165, 1.54) is 6.20 Å². The molecule has 0 saturated carbocycles. The number of carbonyl (C=O) groups is 1. The topological polar surface area (TPSA) is 61.3 Å². The number of ether oxygens (including phenoxy) is 2. The van der Waals surface area contributed by atoms with Gasteiger partial charge in [0.1, 0.15) is 18.5 Å². The highest BCUT2D eigenvalue weighted by atomic mass is 79.9. The first kappa shape index (κ1) is 16.0. The van der Waals surface area contributed by atoms with Crippen LogP contribution in [-0.4, -0.2) is 28.6 Å². The number of nitrogens with zero attached hydrogens (tertiary/aromatic N) is 2. The minimum atomic E-state index is -0.393. The molecule has 0 spiro atoms. The number of hydrogen-bond donors (Lipinski definition) is 0. The van der Waals surface area contributed by atoms with Crippen molar-refractivity contribution in [1.29, 1.82) is 0 Å². The Morgan fingerprint density at radius 3 is 3.08 bits per heavy atom. The molecule has 126 valence electrons. The lowest BCUT2D eigenvalue weighted by Gasteiger charge is -2.12. The zero-order valence-corrected chi connectivity index (χ0v) is 15.1. The molecule has 25 heavy (non-hydrogen) atoms. The Morgan fingerprint density at radius 1 is 1.40 bits per heavy atom. The van der Waals surface area contributed by atoms with Crippen molar-refractivity contribution in [3.63, 3.8) is 0 Å². The van der Waals surface area contributed by atoms with Crippen molar-refractivity contribution < 1.29 is 14.3 Å². The summed E-state index contributed by atoms with van der Waals surface area (Å²) >= 11 is 3.49. The highest BCUT2D eigenvalue weighted by Gasteiger charge is 2.28. The van der Waals surface area contributed by atoms with Crippen LogP contribution in [0.5, 0.6) is 5.75 Å². The monoisotopic (exact) mass is 398 g/mol. The van der Waals surface area contributed by atoms with Gasteiger partial charge in [-0.15, -0.1) is 0 Å². The van der Waals surface area contributed by atoms with Crippen LogP contribution in [0.3, 0.4) is 0 Å². The standard InChI is InChI=1S/C19H15BrN2O3/c1-11-15-8-14(10-24-19(23)12-3-2-6-21-9-12)25-18(15)16-7-13(20)4-5-17(16)22-11/h2-7,9,14H,8,10H2,1H3. The number of aromatic nitrogens is 2. The number of pyridine rings is 2. The fourth-order valence-electron chi connectivity index (χ4n) is 3.00. The SMILES string of the molecule is Cc1nc2ccc(Br)cc2c2c1CC(COC(=O)c1cccnc1)O2. The first-order valence-electron chi connectivity index (χ1n) is 7.94. The van der Waals surface area contributed by atoms with Gasteiger partial charge in [0.25, 0.3) is 0 Å². The minimum Gasteiger partial charge on any atom is -0.485 e. The van der Waals surface area contributed by atoms with Gasteiger partial charge in [0.05, 0.1) is 11.1 Å². The van der Waals surface area contributed by atoms with Crippen LogP contribution in [0, 0.1) is 6.92 Å². The predicted molar refractivity (Wildman–Crippen MR) is 96.8 cm³/mol. The summed E-state index contributed by atoms with van der Waals surface area (Å²) in [5.74, 6) is 0.446. The second kappa shape index (κ2) is 6.44. The van der Waals surface area contributed by atoms with Crippen molar-refractivity contribution in [3.8, 4) is 5.75 Å². The third kappa shape index (κ3) is 3.09. The molecule has 3 heterocycles. The second-order valence-electron chi connectivity index (χ2n) is 5.95. The molecule has 0 radical (unpaired) electrons. The third-order valence-electron chi connectivity index (χ3n) is 4.22. The number of rotatable bonds is 3. The molecule has 1 atom stereocenters. The summed E-state index contributed by atoms with van der Waals surface area (Å²) in [6, 6.07) is 9.32. The van der Waals surface area contributed by atoms with Gasteiger partial charge < -0.3 is 9.47 Å². The Morgan fingerprint density at radius 2 is 2.28 bits per heavy atom. The van der Waals surface area contributed by atoms with E-state index in [0.717, 1.165) is 32.4 Å². The Hall–Kier alpha value is -2.47. The molecular formula is C19H15BrN2O3. The van der Waals surface area contributed by atoms with Gasteiger partial charge in [-0.2, -0.15) is 0 Å². The zero-order chi connectivity index (χ0) is 17.4. The van der Waals surface area contributed by atoms with E-state index in [2.05, 4.69) is 25.9 Å². The van der Waals surface area contributed by atoms with Crippen LogP contribution in [0.4, 0.5) is 0 Å². The molecule has 0 saturated heterocycles. The van der Waals surface area contributed by atoms with E-state index in [4.69, 9.17) is 9.47 Å². The highest BCUT2D eigenvalue weighted by Crippen LogP contribution is 2.38. The van der Waals surface area contributed by atoms with Crippen molar-refractivity contribution in [1.82, 2.24) is 9.97 Å². The molecule has 0 aliphatic carbocycles. The molecule has 0 amide bonds. The van der Waals surface area contributed by atoms with Crippen molar-refractivity contribution in [2.45, 2.75) is 19.4 Å². The summed E-state index contributed by atoms with van der Waals surface area (Å²) in [7, 11) is 0. The lowest BCUT2D eigenvalue weighted by atomic mass is 10.1. The summed E-state index contributed by atoms with van der Waals surface area (Å²) in [5.41, 5.74) is 3.36. The Bertz CT molecular complexity index is 960. The normalized spacial score (nSPS) is 15.7. The van der Waals surface area contributed by atoms with Gasteiger partial charge >= 0.3 is 5.97 Å². The Labute approximate surface area is 153 Å². The summed E-state index contributed by atoms with van der Waals surface area (Å²) in [6.07, 6.45) is 3.58. The summed E-state index contributed by atoms with van der Waals surface area (Å²) < 4.78 is 12.4. The molecular weight excluding hydrogens is 384 g/mol. The van der Waals surface area contributed by atoms with Crippen molar-refractivity contribution in [2.24, 2.45) is 0 Å². The van der Waals surface area contributed by atoms with Gasteiger partial charge in [-0.05, 0) is 37.3 Å². The summed E-state index contributed by atoms with van der Waals surface area (Å²) in [4.78, 5) is 20.6. The fraction of sp³-hybridized carbons (Fsp3) is 0.211. The number of fused-ring (bicyclic) bond motifs is 3. The van der Waals surface area contributed by atoms with Gasteiger partial charge in [0.15, 0.2) is 0 Å². The predicted octanol–water partition coefficient (Wildman–Crippen LogP) is 3.86. The lowest BCUT2D eigenvalue weighted by Crippen LogP contribution is -2.23. The van der Waals surface area contributed by atoms with Crippen molar-refractivity contribution in [2.75, 3.05) is 6.61 Å². The first-order chi connectivity index (χ1) is 12.1. The maximum atomic E-state index is 12.1. The van der Waals surface area contributed by atoms with Gasteiger partial charge in [-0.25, -0.2) is 4.79 Å². The average molecular weight is 399 g/mol. The molecule has 1 aliphatic rings. The van der Waals surface area contributed by atoms with Crippen LogP contribution >= 0.6 is 15.9 Å². The molecule has 3 aromatic rings. The van der Waals surface area contributed by atoms with Gasteiger partial charge in [0.2, 0.25) is 0 Å². The van der Waals surface area contributed by atoms with E-state index in [9.17, 15) is 4.79 Å². The number of esters is 1. The maximum absolute atomic E-state index is 12.1. The van der Waals surface area contributed by atoms with E-state index in [1.54, 1.807) is 18.3 Å². The smallest absolute Gasteiger partial charge is 0.339 e. The maximum Gasteiger partial charge on any atom is 0.339 e. The molecule has 0 bridgehead atoms. The van der Waals surface area contributed by atoms with Crippen LogP contribution in [0.15, 0.2) is 47.2 Å². The molecule has 2 aromatic heterocycles. The van der Waals surface area contributed by atoms with Crippen LogP contribution in [0.25, 0.3) is 10.9 Å². The highest BCUT2D eigenvalue weighted by molar-refractivity contribution is 9.10. The van der Waals surface area contributed by atoms with E-state index in [0.29, 0.717) is 12.0 Å². The quantitative estimate of drug-likeness (QED) is 0.626. The number of carbonyl (C=O) groups excluding carboxylic acids is 1. The molecule has 1 unspecified atom stereocenters. The number of halogens is 1. The molecule has 0 N–H and O–H groups in total. The van der Waals surface area contributed by atoms with E-state index in [-0.39, 0.29) is 12.7 Å². The molecule has 6 heteroatoms. The lowest BCUT2D eigenvalue weighted by molar-refractivity contribution is 0.0348. The largest absolute Gasteiger partial charge is 0.485 e. The van der Waals surface area contributed by atoms with Gasteiger partial charge in [-0.1, -0.05) is 15.9 Å². The zero-order valence-electron chi connectivity index (χ0n) is 13.5. The average Bonchev–Trinajstić information content (AvgIpc) is 3.06. The van der Waals surface area contributed by atoms with Crippen LogP contribution in [0.2, 0.25) is 0 Å². The fourth-order valence-corrected chi connectivity index (χ4v) is 3.36. The third-order valence-corrected chi connectivity index (χ3v) is 4.71.